The van der Waals surface area contributed by atoms with Crippen LogP contribution in [0.1, 0.15) is 0 Å². The zero-order valence-electron chi connectivity index (χ0n) is 6.16. The first-order chi connectivity index (χ1) is 5.79. The van der Waals surface area contributed by atoms with Gasteiger partial charge in [-0.2, -0.15) is 0 Å². The van der Waals surface area contributed by atoms with Crippen LogP contribution in [0.15, 0.2) is 29.0 Å². The summed E-state index contributed by atoms with van der Waals surface area (Å²) in [6.07, 6.45) is 3.28. The van der Waals surface area contributed by atoms with E-state index in [1.54, 1.807) is 18.5 Å². The highest BCUT2D eigenvalue weighted by atomic mass is 79.9. The number of rotatable bonds is 0. The molecule has 0 aliphatic heterocycles. The van der Waals surface area contributed by atoms with Gasteiger partial charge >= 0.3 is 0 Å². The number of nitrogens with two attached hydrogens (primary N) is 1. The maximum Gasteiger partial charge on any atom is 0.113 e. The van der Waals surface area contributed by atoms with Crippen LogP contribution in [0.2, 0.25) is 0 Å². The summed E-state index contributed by atoms with van der Waals surface area (Å²) in [6, 6.07) is 3.67. The highest BCUT2D eigenvalue weighted by molar-refractivity contribution is 9.10. The van der Waals surface area contributed by atoms with Gasteiger partial charge in [-0.1, -0.05) is 0 Å². The molecule has 0 bridgehead atoms. The van der Waals surface area contributed by atoms with Gasteiger partial charge in [-0.25, -0.2) is 0 Å². The molecule has 12 heavy (non-hydrogen) atoms. The van der Waals surface area contributed by atoms with Crippen molar-refractivity contribution in [3.05, 3.63) is 29.0 Å². The second-order valence-corrected chi connectivity index (χ2v) is 3.24. The predicted octanol–water partition coefficient (Wildman–Crippen LogP) is 1.97. The van der Waals surface area contributed by atoms with Crippen molar-refractivity contribution in [2.75, 3.05) is 5.73 Å². The molecule has 4 heteroatoms. The highest BCUT2D eigenvalue weighted by Gasteiger charge is 2.02. The van der Waals surface area contributed by atoms with E-state index in [1.165, 1.54) is 0 Å². The highest BCUT2D eigenvalue weighted by Crippen LogP contribution is 2.24. The summed E-state index contributed by atoms with van der Waals surface area (Å²) < 4.78 is 0.916. The third-order valence-electron chi connectivity index (χ3n) is 1.61. The fourth-order valence-corrected chi connectivity index (χ4v) is 1.47. The molecule has 1 heterocycles. The van der Waals surface area contributed by atoms with E-state index >= 15 is 0 Å². The number of benzene rings is 1. The Morgan fingerprint density at radius 2 is 1.75 bits per heavy atom. The second kappa shape index (κ2) is 2.71. The number of fused-ring (bicyclic) bond motifs is 1. The number of anilines is 1. The van der Waals surface area contributed by atoms with Gasteiger partial charge in [-0.15, -0.1) is 0 Å². The number of aromatic nitrogens is 2. The van der Waals surface area contributed by atoms with E-state index in [0.29, 0.717) is 5.69 Å². The van der Waals surface area contributed by atoms with Crippen molar-refractivity contribution in [1.82, 2.24) is 9.97 Å². The van der Waals surface area contributed by atoms with Crippen LogP contribution >= 0.6 is 15.9 Å². The quantitative estimate of drug-likeness (QED) is 0.696. The lowest BCUT2D eigenvalue weighted by Crippen LogP contribution is -1.91. The largest absolute Gasteiger partial charge is 0.397 e. The minimum Gasteiger partial charge on any atom is -0.397 e. The van der Waals surface area contributed by atoms with Gasteiger partial charge in [0, 0.05) is 16.9 Å². The Morgan fingerprint density at radius 1 is 1.08 bits per heavy atom. The van der Waals surface area contributed by atoms with E-state index in [9.17, 15) is 0 Å². The van der Waals surface area contributed by atoms with Crippen LogP contribution in [0, 0.1) is 0 Å². The SMILES string of the molecule is Nc1ccc(Br)c2nccnc12. The third kappa shape index (κ3) is 1.04. The number of hydrogen-bond acceptors (Lipinski definition) is 3. The summed E-state index contributed by atoms with van der Waals surface area (Å²) >= 11 is 3.37. The van der Waals surface area contributed by atoms with Gasteiger partial charge in [0.05, 0.1) is 5.69 Å². The van der Waals surface area contributed by atoms with Crippen LogP contribution in [0.3, 0.4) is 0 Å². The average molecular weight is 224 g/mol. The molecule has 2 rings (SSSR count). The number of halogens is 1. The molecule has 0 aliphatic carbocycles. The van der Waals surface area contributed by atoms with Crippen molar-refractivity contribution in [1.29, 1.82) is 0 Å². The Morgan fingerprint density at radius 3 is 2.42 bits per heavy atom. The Labute approximate surface area is 77.8 Å². The second-order valence-electron chi connectivity index (χ2n) is 2.39. The smallest absolute Gasteiger partial charge is 0.113 e. The van der Waals surface area contributed by atoms with Crippen molar-refractivity contribution in [3.8, 4) is 0 Å². The van der Waals surface area contributed by atoms with Crippen molar-refractivity contribution in [2.24, 2.45) is 0 Å². The first-order valence-electron chi connectivity index (χ1n) is 3.44. The molecule has 0 fully saturated rings. The van der Waals surface area contributed by atoms with Crippen LogP contribution in [-0.4, -0.2) is 9.97 Å². The standard InChI is InChI=1S/C8H6BrN3/c9-5-1-2-6(10)8-7(5)11-3-4-12-8/h1-4H,10H2. The molecule has 1 aromatic heterocycles. The summed E-state index contributed by atoms with van der Waals surface area (Å²) in [6.45, 7) is 0. The molecule has 0 unspecified atom stereocenters. The summed E-state index contributed by atoms with van der Waals surface area (Å²) in [5.41, 5.74) is 7.90. The molecule has 0 spiro atoms. The Bertz CT molecular complexity index is 387. The van der Waals surface area contributed by atoms with Crippen LogP contribution in [0.4, 0.5) is 5.69 Å². The Hall–Kier alpha value is -1.16. The number of nitrogens with zero attached hydrogens (tertiary/aromatic N) is 2. The molecular formula is C8H6BrN3. The van der Waals surface area contributed by atoms with Gasteiger partial charge in [-0.3, -0.25) is 9.97 Å². The topological polar surface area (TPSA) is 51.8 Å². The van der Waals surface area contributed by atoms with Gasteiger partial charge in [0.1, 0.15) is 11.0 Å². The molecule has 60 valence electrons. The lowest BCUT2D eigenvalue weighted by molar-refractivity contribution is 1.29. The van der Waals surface area contributed by atoms with Crippen LogP contribution in [-0.2, 0) is 0 Å². The Balaban J connectivity index is 2.95. The minimum atomic E-state index is 0.654. The molecule has 0 saturated heterocycles. The summed E-state index contributed by atoms with van der Waals surface area (Å²) in [5, 5.41) is 0. The van der Waals surface area contributed by atoms with Crippen molar-refractivity contribution in [2.45, 2.75) is 0 Å². The van der Waals surface area contributed by atoms with E-state index in [2.05, 4.69) is 25.9 Å². The fraction of sp³-hybridized carbons (Fsp3) is 0. The molecule has 0 aliphatic rings. The predicted molar refractivity (Wildman–Crippen MR) is 51.7 cm³/mol. The van der Waals surface area contributed by atoms with Crippen LogP contribution in [0.25, 0.3) is 11.0 Å². The zero-order chi connectivity index (χ0) is 8.55. The molecule has 0 amide bonds. The average Bonchev–Trinajstić information content (AvgIpc) is 2.12. The molecule has 2 aromatic rings. The first kappa shape index (κ1) is 7.49. The van der Waals surface area contributed by atoms with Gasteiger partial charge in [0.15, 0.2) is 0 Å². The molecule has 1 aromatic carbocycles. The lowest BCUT2D eigenvalue weighted by atomic mass is 10.2. The fourth-order valence-electron chi connectivity index (χ4n) is 1.04. The third-order valence-corrected chi connectivity index (χ3v) is 2.25. The van der Waals surface area contributed by atoms with E-state index in [1.807, 2.05) is 6.07 Å². The van der Waals surface area contributed by atoms with Crippen LogP contribution < -0.4 is 5.73 Å². The van der Waals surface area contributed by atoms with Gasteiger partial charge in [-0.05, 0) is 28.1 Å². The summed E-state index contributed by atoms with van der Waals surface area (Å²) in [7, 11) is 0. The molecule has 2 N–H and O–H groups in total. The number of nitrogen functional groups attached to an aromatic ring is 1. The van der Waals surface area contributed by atoms with Crippen LogP contribution in [0.5, 0.6) is 0 Å². The summed E-state index contributed by atoms with van der Waals surface area (Å²) in [4.78, 5) is 8.28. The van der Waals surface area contributed by atoms with E-state index in [4.69, 9.17) is 5.73 Å². The van der Waals surface area contributed by atoms with E-state index in [0.717, 1.165) is 15.5 Å². The van der Waals surface area contributed by atoms with Gasteiger partial charge < -0.3 is 5.73 Å². The Kier molecular flexibility index (Phi) is 1.69. The van der Waals surface area contributed by atoms with Crippen molar-refractivity contribution < 1.29 is 0 Å². The summed E-state index contributed by atoms with van der Waals surface area (Å²) in [5.74, 6) is 0. The monoisotopic (exact) mass is 223 g/mol. The van der Waals surface area contributed by atoms with Crippen molar-refractivity contribution >= 4 is 32.7 Å². The number of hydrogen-bond donors (Lipinski definition) is 1. The first-order valence-corrected chi connectivity index (χ1v) is 4.23. The molecule has 3 nitrogen and oxygen atoms in total. The normalized spacial score (nSPS) is 10.4. The minimum absolute atomic E-state index is 0.654. The maximum absolute atomic E-state index is 5.70. The molecule has 0 atom stereocenters. The maximum atomic E-state index is 5.70. The molecule has 0 radical (unpaired) electrons. The van der Waals surface area contributed by atoms with Crippen molar-refractivity contribution in [3.63, 3.8) is 0 Å². The lowest BCUT2D eigenvalue weighted by Gasteiger charge is -2.00. The van der Waals surface area contributed by atoms with Gasteiger partial charge in [0.2, 0.25) is 0 Å². The van der Waals surface area contributed by atoms with Gasteiger partial charge in [0.25, 0.3) is 0 Å². The van der Waals surface area contributed by atoms with E-state index < -0.39 is 0 Å². The zero-order valence-corrected chi connectivity index (χ0v) is 7.75. The molecule has 0 saturated carbocycles. The molecular weight excluding hydrogens is 218 g/mol. The van der Waals surface area contributed by atoms with E-state index in [-0.39, 0.29) is 0 Å².